The van der Waals surface area contributed by atoms with Crippen LogP contribution in [0.25, 0.3) is 6.08 Å². The van der Waals surface area contributed by atoms with E-state index in [2.05, 4.69) is 30.4 Å². The summed E-state index contributed by atoms with van der Waals surface area (Å²) in [4.78, 5) is 12.1. The molecule has 0 fully saturated rings. The monoisotopic (exact) mass is 305 g/mol. The lowest BCUT2D eigenvalue weighted by Gasteiger charge is -2.14. The Morgan fingerprint density at radius 2 is 1.83 bits per heavy atom. The molecule has 2 heteroatoms. The highest BCUT2D eigenvalue weighted by atomic mass is 16.1. The van der Waals surface area contributed by atoms with Gasteiger partial charge in [0.15, 0.2) is 0 Å². The first kappa shape index (κ1) is 15.5. The fraction of sp³-hybridized carbons (Fsp3) is 0.286. The molecular weight excluding hydrogens is 282 g/mol. The quantitative estimate of drug-likeness (QED) is 0.835. The molecule has 0 heterocycles. The second-order valence-corrected chi connectivity index (χ2v) is 6.36. The highest BCUT2D eigenvalue weighted by Gasteiger charge is 2.14. The van der Waals surface area contributed by atoms with Crippen molar-refractivity contribution in [3.05, 3.63) is 76.4 Å². The summed E-state index contributed by atoms with van der Waals surface area (Å²) in [5, 5.41) is 3.04. The number of amides is 1. The SMILES string of the molecule is Cc1ccc(/C=C/C(=O)N[C@H](C)c2ccc3c(c2)CCC3)cc1. The van der Waals surface area contributed by atoms with E-state index >= 15 is 0 Å². The summed E-state index contributed by atoms with van der Waals surface area (Å²) < 4.78 is 0. The number of carbonyl (C=O) groups excluding carboxylic acids is 1. The first-order valence-electron chi connectivity index (χ1n) is 8.29. The number of fused-ring (bicyclic) bond motifs is 1. The van der Waals surface area contributed by atoms with Crippen molar-refractivity contribution in [2.75, 3.05) is 0 Å². The Labute approximate surface area is 138 Å². The summed E-state index contributed by atoms with van der Waals surface area (Å²) in [6, 6.07) is 14.7. The van der Waals surface area contributed by atoms with Crippen molar-refractivity contribution in [2.45, 2.75) is 39.2 Å². The van der Waals surface area contributed by atoms with Crippen molar-refractivity contribution in [1.29, 1.82) is 0 Å². The van der Waals surface area contributed by atoms with Crippen molar-refractivity contribution in [3.63, 3.8) is 0 Å². The van der Waals surface area contributed by atoms with Crippen LogP contribution in [-0.2, 0) is 17.6 Å². The van der Waals surface area contributed by atoms with Gasteiger partial charge in [0.25, 0.3) is 0 Å². The predicted molar refractivity (Wildman–Crippen MR) is 95.2 cm³/mol. The third kappa shape index (κ3) is 3.89. The van der Waals surface area contributed by atoms with Crippen molar-refractivity contribution in [1.82, 2.24) is 5.32 Å². The van der Waals surface area contributed by atoms with Gasteiger partial charge < -0.3 is 5.32 Å². The van der Waals surface area contributed by atoms with Gasteiger partial charge in [0.05, 0.1) is 6.04 Å². The third-order valence-electron chi connectivity index (χ3n) is 4.49. The van der Waals surface area contributed by atoms with Crippen molar-refractivity contribution in [3.8, 4) is 0 Å². The average Bonchev–Trinajstić information content (AvgIpc) is 3.02. The first-order chi connectivity index (χ1) is 11.1. The molecule has 1 N–H and O–H groups in total. The number of carbonyl (C=O) groups is 1. The molecule has 118 valence electrons. The van der Waals surface area contributed by atoms with Crippen molar-refractivity contribution < 1.29 is 4.79 Å². The Hall–Kier alpha value is -2.35. The molecule has 0 aliphatic heterocycles. The van der Waals surface area contributed by atoms with Crippen LogP contribution in [0, 0.1) is 6.92 Å². The molecule has 1 aliphatic rings. The first-order valence-corrected chi connectivity index (χ1v) is 8.29. The van der Waals surface area contributed by atoms with E-state index in [1.807, 2.05) is 37.3 Å². The standard InChI is InChI=1S/C21H23NO/c1-15-6-8-17(9-7-15)10-13-21(23)22-16(2)19-12-11-18-4-3-5-20(18)14-19/h6-14,16H,3-5H2,1-2H3,(H,22,23)/b13-10+/t16-/m1/s1. The molecule has 0 spiro atoms. The Morgan fingerprint density at radius 1 is 1.09 bits per heavy atom. The van der Waals surface area contributed by atoms with Gasteiger partial charge in [-0.15, -0.1) is 0 Å². The Kier molecular flexibility index (Phi) is 4.61. The summed E-state index contributed by atoms with van der Waals surface area (Å²) in [5.74, 6) is -0.0569. The Morgan fingerprint density at radius 3 is 2.61 bits per heavy atom. The number of hydrogen-bond acceptors (Lipinski definition) is 1. The van der Waals surface area contributed by atoms with E-state index in [0.29, 0.717) is 0 Å². The van der Waals surface area contributed by atoms with Gasteiger partial charge >= 0.3 is 0 Å². The Balaban J connectivity index is 1.62. The largest absolute Gasteiger partial charge is 0.346 e. The van der Waals surface area contributed by atoms with Gasteiger partial charge in [0.2, 0.25) is 5.91 Å². The normalized spacial score (nSPS) is 14.7. The van der Waals surface area contributed by atoms with Crippen LogP contribution in [0.2, 0.25) is 0 Å². The molecule has 2 aromatic rings. The van der Waals surface area contributed by atoms with Crippen LogP contribution in [-0.4, -0.2) is 5.91 Å². The molecule has 3 rings (SSSR count). The number of benzene rings is 2. The third-order valence-corrected chi connectivity index (χ3v) is 4.49. The summed E-state index contributed by atoms with van der Waals surface area (Å²) >= 11 is 0. The van der Waals surface area contributed by atoms with Crippen LogP contribution in [0.15, 0.2) is 48.5 Å². The van der Waals surface area contributed by atoms with Crippen LogP contribution in [0.5, 0.6) is 0 Å². The molecule has 0 saturated carbocycles. The predicted octanol–water partition coefficient (Wildman–Crippen LogP) is 4.37. The van der Waals surface area contributed by atoms with E-state index in [-0.39, 0.29) is 11.9 Å². The molecule has 1 amide bonds. The fourth-order valence-electron chi connectivity index (χ4n) is 3.06. The lowest BCUT2D eigenvalue weighted by molar-refractivity contribution is -0.117. The molecule has 2 nitrogen and oxygen atoms in total. The van der Waals surface area contributed by atoms with Gasteiger partial charge in [-0.1, -0.05) is 48.0 Å². The summed E-state index contributed by atoms with van der Waals surface area (Å²) in [6.07, 6.45) is 7.06. The van der Waals surface area contributed by atoms with Gasteiger partial charge in [0.1, 0.15) is 0 Å². The van der Waals surface area contributed by atoms with Crippen LogP contribution in [0.4, 0.5) is 0 Å². The molecule has 0 unspecified atom stereocenters. The van der Waals surface area contributed by atoms with Crippen LogP contribution in [0.1, 0.15) is 47.2 Å². The highest BCUT2D eigenvalue weighted by molar-refractivity contribution is 5.91. The summed E-state index contributed by atoms with van der Waals surface area (Å²) in [6.45, 7) is 4.09. The van der Waals surface area contributed by atoms with Gasteiger partial charge in [0, 0.05) is 6.08 Å². The zero-order valence-corrected chi connectivity index (χ0v) is 13.8. The van der Waals surface area contributed by atoms with Crippen molar-refractivity contribution >= 4 is 12.0 Å². The molecular formula is C21H23NO. The van der Waals surface area contributed by atoms with E-state index in [1.165, 1.54) is 35.1 Å². The minimum Gasteiger partial charge on any atom is -0.346 e. The molecule has 23 heavy (non-hydrogen) atoms. The van der Waals surface area contributed by atoms with Crippen molar-refractivity contribution in [2.24, 2.45) is 0 Å². The molecule has 0 radical (unpaired) electrons. The molecule has 0 bridgehead atoms. The molecule has 0 aromatic heterocycles. The van der Waals surface area contributed by atoms with Crippen LogP contribution < -0.4 is 5.32 Å². The fourth-order valence-corrected chi connectivity index (χ4v) is 3.06. The van der Waals surface area contributed by atoms with Gasteiger partial charge in [-0.2, -0.15) is 0 Å². The maximum atomic E-state index is 12.1. The number of rotatable bonds is 4. The summed E-state index contributed by atoms with van der Waals surface area (Å²) in [5.41, 5.74) is 6.35. The zero-order valence-electron chi connectivity index (χ0n) is 13.8. The van der Waals surface area contributed by atoms with E-state index < -0.39 is 0 Å². The minimum atomic E-state index is -0.0569. The molecule has 0 saturated heterocycles. The highest BCUT2D eigenvalue weighted by Crippen LogP contribution is 2.25. The smallest absolute Gasteiger partial charge is 0.244 e. The van der Waals surface area contributed by atoms with E-state index in [9.17, 15) is 4.79 Å². The zero-order chi connectivity index (χ0) is 16.2. The van der Waals surface area contributed by atoms with Gasteiger partial charge in [-0.25, -0.2) is 0 Å². The number of aryl methyl sites for hydroxylation is 3. The van der Waals surface area contributed by atoms with Gasteiger partial charge in [-0.3, -0.25) is 4.79 Å². The number of nitrogens with one attached hydrogen (secondary N) is 1. The lowest BCUT2D eigenvalue weighted by atomic mass is 10.0. The second-order valence-electron chi connectivity index (χ2n) is 6.36. The molecule has 1 aliphatic carbocycles. The average molecular weight is 305 g/mol. The Bertz CT molecular complexity index is 728. The van der Waals surface area contributed by atoms with Crippen LogP contribution >= 0.6 is 0 Å². The molecule has 1 atom stereocenters. The minimum absolute atomic E-state index is 0.0241. The molecule has 2 aromatic carbocycles. The second kappa shape index (κ2) is 6.82. The lowest BCUT2D eigenvalue weighted by Crippen LogP contribution is -2.24. The van der Waals surface area contributed by atoms with E-state index in [0.717, 1.165) is 12.0 Å². The number of hydrogen-bond donors (Lipinski definition) is 1. The van der Waals surface area contributed by atoms with Gasteiger partial charge in [-0.05, 0) is 61.4 Å². The topological polar surface area (TPSA) is 29.1 Å². The van der Waals surface area contributed by atoms with E-state index in [4.69, 9.17) is 0 Å². The maximum Gasteiger partial charge on any atom is 0.244 e. The summed E-state index contributed by atoms with van der Waals surface area (Å²) in [7, 11) is 0. The van der Waals surface area contributed by atoms with E-state index in [1.54, 1.807) is 6.08 Å². The van der Waals surface area contributed by atoms with Crippen LogP contribution in [0.3, 0.4) is 0 Å². The maximum absolute atomic E-state index is 12.1.